The maximum Gasteiger partial charge on any atom is 0.329 e. The topological polar surface area (TPSA) is 99.1 Å². The lowest BCUT2D eigenvalue weighted by Crippen LogP contribution is -2.44. The lowest BCUT2D eigenvalue weighted by Gasteiger charge is -2.34. The van der Waals surface area contributed by atoms with Crippen molar-refractivity contribution in [3.8, 4) is 0 Å². The second kappa shape index (κ2) is 7.17. The first-order chi connectivity index (χ1) is 8.49. The largest absolute Gasteiger partial charge is 0.480 e. The Hall–Kier alpha value is -1.34. The molecule has 1 aliphatic carbocycles. The molecule has 2 amide bonds. The Bertz CT molecular complexity index is 291. The molecule has 1 rings (SSSR count). The fourth-order valence-electron chi connectivity index (χ4n) is 1.84. The van der Waals surface area contributed by atoms with E-state index < -0.39 is 5.97 Å². The average molecular weight is 260 g/mol. The van der Waals surface area contributed by atoms with Crippen LogP contribution in [0.1, 0.15) is 12.8 Å². The van der Waals surface area contributed by atoms with Crippen molar-refractivity contribution in [1.29, 1.82) is 0 Å². The van der Waals surface area contributed by atoms with E-state index in [1.165, 1.54) is 0 Å². The quantitative estimate of drug-likeness (QED) is 0.536. The smallest absolute Gasteiger partial charge is 0.329 e. The lowest BCUT2D eigenvalue weighted by molar-refractivity contribution is -0.142. The van der Waals surface area contributed by atoms with Crippen molar-refractivity contribution in [2.75, 3.05) is 33.4 Å². The van der Waals surface area contributed by atoms with Crippen LogP contribution in [0.5, 0.6) is 0 Å². The van der Waals surface area contributed by atoms with Crippen LogP contribution >= 0.6 is 0 Å². The summed E-state index contributed by atoms with van der Waals surface area (Å²) in [6, 6.07) is -0.213. The number of carboxylic acids is 1. The Morgan fingerprint density at radius 1 is 1.44 bits per heavy atom. The molecule has 0 saturated heterocycles. The third-order valence-electron chi connectivity index (χ3n) is 2.84. The van der Waals surface area contributed by atoms with Crippen LogP contribution < -0.4 is 5.32 Å². The SMILES string of the molecule is CN(CC1CC(O)C1)C(=O)NCCOCC(=O)O. The number of aliphatic hydroxyl groups excluding tert-OH is 1. The second-order valence-corrected chi connectivity index (χ2v) is 4.55. The van der Waals surface area contributed by atoms with Crippen molar-refractivity contribution >= 4 is 12.0 Å². The zero-order valence-corrected chi connectivity index (χ0v) is 10.5. The predicted molar refractivity (Wildman–Crippen MR) is 63.2 cm³/mol. The summed E-state index contributed by atoms with van der Waals surface area (Å²) in [5.74, 6) is -0.652. The number of nitrogens with zero attached hydrogens (tertiary/aromatic N) is 1. The van der Waals surface area contributed by atoms with Gasteiger partial charge in [-0.1, -0.05) is 0 Å². The van der Waals surface area contributed by atoms with Gasteiger partial charge in [0.2, 0.25) is 0 Å². The van der Waals surface area contributed by atoms with E-state index in [9.17, 15) is 9.59 Å². The first-order valence-corrected chi connectivity index (χ1v) is 5.95. The van der Waals surface area contributed by atoms with E-state index in [0.29, 0.717) is 12.5 Å². The van der Waals surface area contributed by atoms with E-state index in [1.807, 2.05) is 0 Å². The number of ether oxygens (including phenoxy) is 1. The highest BCUT2D eigenvalue weighted by molar-refractivity contribution is 5.73. The highest BCUT2D eigenvalue weighted by atomic mass is 16.5. The molecule has 1 saturated carbocycles. The van der Waals surface area contributed by atoms with Gasteiger partial charge in [-0.05, 0) is 18.8 Å². The summed E-state index contributed by atoms with van der Waals surface area (Å²) in [6.07, 6.45) is 1.29. The molecule has 0 atom stereocenters. The maximum atomic E-state index is 11.6. The van der Waals surface area contributed by atoms with Gasteiger partial charge in [0.1, 0.15) is 6.61 Å². The number of hydrogen-bond acceptors (Lipinski definition) is 4. The molecule has 104 valence electrons. The number of hydrogen-bond donors (Lipinski definition) is 3. The molecule has 0 unspecified atom stereocenters. The number of aliphatic carboxylic acids is 1. The van der Waals surface area contributed by atoms with Crippen LogP contribution in [0.4, 0.5) is 4.79 Å². The normalized spacial score (nSPS) is 22.1. The fourth-order valence-corrected chi connectivity index (χ4v) is 1.84. The van der Waals surface area contributed by atoms with Gasteiger partial charge in [0.05, 0.1) is 12.7 Å². The Morgan fingerprint density at radius 3 is 2.67 bits per heavy atom. The van der Waals surface area contributed by atoms with Crippen LogP contribution in [-0.2, 0) is 9.53 Å². The van der Waals surface area contributed by atoms with Gasteiger partial charge in [0, 0.05) is 20.1 Å². The van der Waals surface area contributed by atoms with Crippen molar-refractivity contribution in [2.45, 2.75) is 18.9 Å². The molecular formula is C11H20N2O5. The third kappa shape index (κ3) is 5.33. The third-order valence-corrected chi connectivity index (χ3v) is 2.84. The summed E-state index contributed by atoms with van der Waals surface area (Å²) in [5.41, 5.74) is 0. The summed E-state index contributed by atoms with van der Waals surface area (Å²) in [6.45, 7) is 0.725. The molecule has 0 aromatic rings. The zero-order chi connectivity index (χ0) is 13.5. The first kappa shape index (κ1) is 14.7. The number of amides is 2. The van der Waals surface area contributed by atoms with Crippen LogP contribution in [0.2, 0.25) is 0 Å². The number of carbonyl (C=O) groups is 2. The van der Waals surface area contributed by atoms with Crippen molar-refractivity contribution in [1.82, 2.24) is 10.2 Å². The fraction of sp³-hybridized carbons (Fsp3) is 0.818. The molecule has 3 N–H and O–H groups in total. The van der Waals surface area contributed by atoms with E-state index >= 15 is 0 Å². The van der Waals surface area contributed by atoms with Gasteiger partial charge in [0.25, 0.3) is 0 Å². The molecule has 0 bridgehead atoms. The van der Waals surface area contributed by atoms with Crippen molar-refractivity contribution < 1.29 is 24.5 Å². The molecule has 7 nitrogen and oxygen atoms in total. The Labute approximate surface area is 106 Å². The minimum absolute atomic E-state index is 0.175. The molecule has 0 aromatic carbocycles. The van der Waals surface area contributed by atoms with Gasteiger partial charge in [0.15, 0.2) is 0 Å². The van der Waals surface area contributed by atoms with Gasteiger partial charge in [-0.2, -0.15) is 0 Å². The van der Waals surface area contributed by atoms with Gasteiger partial charge in [-0.15, -0.1) is 0 Å². The van der Waals surface area contributed by atoms with Crippen molar-refractivity contribution in [2.24, 2.45) is 5.92 Å². The van der Waals surface area contributed by atoms with Gasteiger partial charge >= 0.3 is 12.0 Å². The summed E-state index contributed by atoms with van der Waals surface area (Å²) in [7, 11) is 1.69. The standard InChI is InChI=1S/C11H20N2O5/c1-13(6-8-4-9(14)5-8)11(17)12-2-3-18-7-10(15)16/h8-9,14H,2-7H2,1H3,(H,12,17)(H,15,16). The highest BCUT2D eigenvalue weighted by Crippen LogP contribution is 2.27. The lowest BCUT2D eigenvalue weighted by atomic mass is 9.82. The number of rotatable bonds is 7. The number of nitrogens with one attached hydrogen (secondary N) is 1. The van der Waals surface area contributed by atoms with Crippen LogP contribution in [0.3, 0.4) is 0 Å². The van der Waals surface area contributed by atoms with Crippen LogP contribution in [-0.4, -0.2) is 66.6 Å². The molecule has 7 heteroatoms. The second-order valence-electron chi connectivity index (χ2n) is 4.55. The van der Waals surface area contributed by atoms with Crippen LogP contribution in [0, 0.1) is 5.92 Å². The molecule has 0 heterocycles. The number of carboxylic acid groups (broad SMARTS) is 1. The Balaban J connectivity index is 2.03. The molecule has 0 aliphatic heterocycles. The molecule has 1 aliphatic rings. The Morgan fingerprint density at radius 2 is 2.11 bits per heavy atom. The summed E-state index contributed by atoms with van der Waals surface area (Å²) in [4.78, 5) is 23.3. The van der Waals surface area contributed by atoms with E-state index in [2.05, 4.69) is 5.32 Å². The van der Waals surface area contributed by atoms with E-state index in [0.717, 1.165) is 12.8 Å². The summed E-state index contributed by atoms with van der Waals surface area (Å²) < 4.78 is 4.79. The minimum atomic E-state index is -1.03. The molecule has 18 heavy (non-hydrogen) atoms. The summed E-state index contributed by atoms with van der Waals surface area (Å²) >= 11 is 0. The molecule has 0 spiro atoms. The maximum absolute atomic E-state index is 11.6. The van der Waals surface area contributed by atoms with Crippen LogP contribution in [0.25, 0.3) is 0 Å². The molecule has 1 fully saturated rings. The van der Waals surface area contributed by atoms with Crippen LogP contribution in [0.15, 0.2) is 0 Å². The van der Waals surface area contributed by atoms with Gasteiger partial charge in [-0.3, -0.25) is 0 Å². The number of carbonyl (C=O) groups excluding carboxylic acids is 1. The van der Waals surface area contributed by atoms with Gasteiger partial charge < -0.3 is 25.2 Å². The van der Waals surface area contributed by atoms with Crippen molar-refractivity contribution in [3.05, 3.63) is 0 Å². The highest BCUT2D eigenvalue weighted by Gasteiger charge is 2.28. The van der Waals surface area contributed by atoms with E-state index in [4.69, 9.17) is 14.9 Å². The monoisotopic (exact) mass is 260 g/mol. The molecule has 0 radical (unpaired) electrons. The summed E-state index contributed by atoms with van der Waals surface area (Å²) in [5, 5.41) is 20.1. The Kier molecular flexibility index (Phi) is 5.87. The zero-order valence-electron chi connectivity index (χ0n) is 10.5. The predicted octanol–water partition coefficient (Wildman–Crippen LogP) is -0.500. The van der Waals surface area contributed by atoms with Crippen molar-refractivity contribution in [3.63, 3.8) is 0 Å². The van der Waals surface area contributed by atoms with Gasteiger partial charge in [-0.25, -0.2) is 9.59 Å². The molecular weight excluding hydrogens is 240 g/mol. The molecule has 0 aromatic heterocycles. The number of aliphatic hydroxyl groups is 1. The van der Waals surface area contributed by atoms with E-state index in [1.54, 1.807) is 11.9 Å². The number of urea groups is 1. The van der Waals surface area contributed by atoms with E-state index in [-0.39, 0.29) is 31.9 Å². The first-order valence-electron chi connectivity index (χ1n) is 5.95. The average Bonchev–Trinajstić information content (AvgIpc) is 2.25. The minimum Gasteiger partial charge on any atom is -0.480 e.